The summed E-state index contributed by atoms with van der Waals surface area (Å²) in [4.78, 5) is 2.92. The second kappa shape index (κ2) is 6.35. The summed E-state index contributed by atoms with van der Waals surface area (Å²) in [5, 5.41) is 7.85. The Morgan fingerprint density at radius 1 is 1.26 bits per heavy atom. The predicted octanol–water partition coefficient (Wildman–Crippen LogP) is 4.15. The van der Waals surface area contributed by atoms with E-state index in [9.17, 15) is 12.8 Å². The minimum absolute atomic E-state index is 0.0645. The van der Waals surface area contributed by atoms with E-state index in [-0.39, 0.29) is 33.0 Å². The lowest BCUT2D eigenvalue weighted by atomic mass is 10.2. The molecule has 1 saturated carbocycles. The summed E-state index contributed by atoms with van der Waals surface area (Å²) >= 11 is 5.74. The molecule has 2 N–H and O–H groups in total. The first-order chi connectivity index (χ1) is 12.8. The van der Waals surface area contributed by atoms with Crippen LogP contribution in [0, 0.1) is 19.7 Å². The molecule has 142 valence electrons. The second-order valence-corrected chi connectivity index (χ2v) is 8.53. The Kier molecular flexibility index (Phi) is 4.23. The highest BCUT2D eigenvalue weighted by atomic mass is 35.5. The number of halogens is 2. The largest absolute Gasteiger partial charge is 0.420 e. The standard InChI is InChI=1S/C17H16ClFN4O3S/c1-8-13(17-22-21-16(26-17)10-6-7-10)15(9(2)20-8)27(24,25)23-12-5-3-4-11(18)14(12)19/h3-5,10,20,23H,6-7H2,1-2H3. The van der Waals surface area contributed by atoms with E-state index in [1.807, 2.05) is 0 Å². The summed E-state index contributed by atoms with van der Waals surface area (Å²) in [7, 11) is -4.14. The molecule has 0 amide bonds. The predicted molar refractivity (Wildman–Crippen MR) is 97.8 cm³/mol. The van der Waals surface area contributed by atoms with Crippen molar-refractivity contribution in [3.8, 4) is 11.5 Å². The van der Waals surface area contributed by atoms with Crippen LogP contribution in [0.4, 0.5) is 10.1 Å². The third-order valence-corrected chi connectivity index (χ3v) is 6.19. The molecule has 0 bridgehead atoms. The van der Waals surface area contributed by atoms with Gasteiger partial charge >= 0.3 is 0 Å². The smallest absolute Gasteiger partial charge is 0.264 e. The zero-order valence-electron chi connectivity index (χ0n) is 14.5. The lowest BCUT2D eigenvalue weighted by molar-refractivity contribution is 0.507. The highest BCUT2D eigenvalue weighted by molar-refractivity contribution is 7.93. The number of hydrogen-bond acceptors (Lipinski definition) is 5. The Balaban J connectivity index is 1.79. The van der Waals surface area contributed by atoms with Crippen molar-refractivity contribution in [1.82, 2.24) is 15.2 Å². The number of rotatable bonds is 5. The molecule has 0 atom stereocenters. The average molecular weight is 411 g/mol. The third-order valence-electron chi connectivity index (χ3n) is 4.36. The molecule has 1 aliphatic rings. The SMILES string of the molecule is Cc1[nH]c(C)c(S(=O)(=O)Nc2cccc(Cl)c2F)c1-c1nnc(C2CC2)o1. The Bertz CT molecular complexity index is 1140. The van der Waals surface area contributed by atoms with Crippen LogP contribution in [0.15, 0.2) is 27.5 Å². The fraction of sp³-hybridized carbons (Fsp3) is 0.294. The van der Waals surface area contributed by atoms with Gasteiger partial charge in [-0.1, -0.05) is 17.7 Å². The van der Waals surface area contributed by atoms with Crippen molar-refractivity contribution in [2.75, 3.05) is 4.72 Å². The molecule has 0 aliphatic heterocycles. The molecular formula is C17H16ClFN4O3S. The minimum atomic E-state index is -4.14. The van der Waals surface area contributed by atoms with Crippen LogP contribution in [0.1, 0.15) is 36.0 Å². The Hall–Kier alpha value is -2.39. The summed E-state index contributed by atoms with van der Waals surface area (Å²) in [6.45, 7) is 3.32. The normalized spacial score (nSPS) is 14.5. The van der Waals surface area contributed by atoms with Crippen molar-refractivity contribution >= 4 is 27.3 Å². The van der Waals surface area contributed by atoms with E-state index in [0.717, 1.165) is 12.8 Å². The number of aryl methyl sites for hydroxylation is 2. The van der Waals surface area contributed by atoms with Crippen molar-refractivity contribution in [3.05, 3.63) is 46.3 Å². The minimum Gasteiger partial charge on any atom is -0.420 e. The van der Waals surface area contributed by atoms with Crippen LogP contribution >= 0.6 is 11.6 Å². The van der Waals surface area contributed by atoms with Gasteiger partial charge in [-0.15, -0.1) is 10.2 Å². The van der Waals surface area contributed by atoms with Gasteiger partial charge in [-0.2, -0.15) is 0 Å². The Morgan fingerprint density at radius 2 is 2.00 bits per heavy atom. The molecule has 3 aromatic rings. The van der Waals surface area contributed by atoms with E-state index < -0.39 is 15.8 Å². The second-order valence-electron chi connectivity index (χ2n) is 6.51. The maximum atomic E-state index is 14.2. The fourth-order valence-electron chi connectivity index (χ4n) is 2.96. The molecule has 4 rings (SSSR count). The molecule has 2 aromatic heterocycles. The first-order valence-electron chi connectivity index (χ1n) is 8.27. The highest BCUT2D eigenvalue weighted by Gasteiger charge is 2.33. The van der Waals surface area contributed by atoms with Gasteiger partial charge in [0.15, 0.2) is 5.82 Å². The summed E-state index contributed by atoms with van der Waals surface area (Å²) in [5.74, 6) is 0.0134. The van der Waals surface area contributed by atoms with Crippen LogP contribution in [-0.4, -0.2) is 23.6 Å². The van der Waals surface area contributed by atoms with Gasteiger partial charge in [0.25, 0.3) is 15.9 Å². The van der Waals surface area contributed by atoms with Crippen molar-refractivity contribution in [3.63, 3.8) is 0 Å². The molecule has 1 fully saturated rings. The van der Waals surface area contributed by atoms with Crippen LogP contribution in [0.3, 0.4) is 0 Å². The molecule has 10 heteroatoms. The van der Waals surface area contributed by atoms with Crippen LogP contribution < -0.4 is 4.72 Å². The first-order valence-corrected chi connectivity index (χ1v) is 10.1. The van der Waals surface area contributed by atoms with Crippen molar-refractivity contribution < 1.29 is 17.2 Å². The number of nitrogens with zero attached hydrogens (tertiary/aromatic N) is 2. The van der Waals surface area contributed by atoms with Gasteiger partial charge in [0, 0.05) is 17.3 Å². The number of sulfonamides is 1. The number of anilines is 1. The number of aromatic amines is 1. The van der Waals surface area contributed by atoms with E-state index >= 15 is 0 Å². The van der Waals surface area contributed by atoms with Crippen molar-refractivity contribution in [2.45, 2.75) is 37.5 Å². The maximum absolute atomic E-state index is 14.2. The van der Waals surface area contributed by atoms with E-state index in [1.54, 1.807) is 13.8 Å². The van der Waals surface area contributed by atoms with Gasteiger partial charge in [-0.25, -0.2) is 12.8 Å². The van der Waals surface area contributed by atoms with Gasteiger partial charge < -0.3 is 9.40 Å². The van der Waals surface area contributed by atoms with E-state index in [2.05, 4.69) is 19.9 Å². The summed E-state index contributed by atoms with van der Waals surface area (Å²) in [5.41, 5.74) is 0.979. The van der Waals surface area contributed by atoms with Gasteiger partial charge in [-0.05, 0) is 38.8 Å². The van der Waals surface area contributed by atoms with E-state index in [1.165, 1.54) is 18.2 Å². The number of hydrogen-bond donors (Lipinski definition) is 2. The van der Waals surface area contributed by atoms with Crippen LogP contribution in [-0.2, 0) is 10.0 Å². The Labute approximate surface area is 160 Å². The van der Waals surface area contributed by atoms with Crippen LogP contribution in [0.2, 0.25) is 5.02 Å². The molecule has 27 heavy (non-hydrogen) atoms. The lowest BCUT2D eigenvalue weighted by Crippen LogP contribution is -2.15. The topological polar surface area (TPSA) is 101 Å². The van der Waals surface area contributed by atoms with Gasteiger partial charge in [0.2, 0.25) is 5.89 Å². The van der Waals surface area contributed by atoms with Crippen molar-refractivity contribution in [2.24, 2.45) is 0 Å². The van der Waals surface area contributed by atoms with Gasteiger partial charge in [0.1, 0.15) is 4.90 Å². The number of H-pyrrole nitrogens is 1. The Morgan fingerprint density at radius 3 is 2.70 bits per heavy atom. The molecular weight excluding hydrogens is 395 g/mol. The fourth-order valence-corrected chi connectivity index (χ4v) is 4.65. The molecule has 0 spiro atoms. The highest BCUT2D eigenvalue weighted by Crippen LogP contribution is 2.41. The van der Waals surface area contributed by atoms with E-state index in [0.29, 0.717) is 17.3 Å². The van der Waals surface area contributed by atoms with Gasteiger partial charge in [-0.3, -0.25) is 4.72 Å². The maximum Gasteiger partial charge on any atom is 0.264 e. The molecule has 0 saturated heterocycles. The summed E-state index contributed by atoms with van der Waals surface area (Å²) in [6.07, 6.45) is 1.96. The molecule has 1 aliphatic carbocycles. The number of benzene rings is 1. The molecule has 1 aromatic carbocycles. The lowest BCUT2D eigenvalue weighted by Gasteiger charge is -2.10. The quantitative estimate of drug-likeness (QED) is 0.657. The molecule has 7 nitrogen and oxygen atoms in total. The molecule has 0 unspecified atom stereocenters. The number of aromatic nitrogens is 3. The first kappa shape index (κ1) is 18.0. The van der Waals surface area contributed by atoms with Crippen LogP contribution in [0.5, 0.6) is 0 Å². The molecule has 0 radical (unpaired) electrons. The van der Waals surface area contributed by atoms with Gasteiger partial charge in [0.05, 0.1) is 16.3 Å². The zero-order chi connectivity index (χ0) is 19.3. The summed E-state index contributed by atoms with van der Waals surface area (Å²) < 4.78 is 48.1. The van der Waals surface area contributed by atoms with Crippen molar-refractivity contribution in [1.29, 1.82) is 0 Å². The monoisotopic (exact) mass is 410 g/mol. The number of nitrogens with one attached hydrogen (secondary N) is 2. The summed E-state index contributed by atoms with van der Waals surface area (Å²) in [6, 6.07) is 4.09. The van der Waals surface area contributed by atoms with E-state index in [4.69, 9.17) is 16.0 Å². The molecule has 2 heterocycles. The van der Waals surface area contributed by atoms with Crippen LogP contribution in [0.25, 0.3) is 11.5 Å². The third kappa shape index (κ3) is 3.21. The zero-order valence-corrected chi connectivity index (χ0v) is 16.1. The average Bonchev–Trinajstić information content (AvgIpc) is 3.25.